The van der Waals surface area contributed by atoms with Gasteiger partial charge in [-0.15, -0.1) is 0 Å². The maximum Gasteiger partial charge on any atom is 0.104 e. The summed E-state index contributed by atoms with van der Waals surface area (Å²) in [6.07, 6.45) is 0.310. The van der Waals surface area contributed by atoms with E-state index in [2.05, 4.69) is 13.0 Å². The van der Waals surface area contributed by atoms with Gasteiger partial charge in [0.2, 0.25) is 0 Å². The van der Waals surface area contributed by atoms with Crippen molar-refractivity contribution in [3.63, 3.8) is 0 Å². The van der Waals surface area contributed by atoms with Gasteiger partial charge in [-0.05, 0) is 35.2 Å². The molecule has 2 rings (SSSR count). The molecule has 2 nitrogen and oxygen atoms in total. The van der Waals surface area contributed by atoms with Crippen molar-refractivity contribution in [1.82, 2.24) is 0 Å². The molecule has 0 bridgehead atoms. The first-order valence-electron chi connectivity index (χ1n) is 6.01. The summed E-state index contributed by atoms with van der Waals surface area (Å²) in [5.74, 6) is 0. The Kier molecular flexibility index (Phi) is 3.76. The summed E-state index contributed by atoms with van der Waals surface area (Å²) in [4.78, 5) is 0. The zero-order valence-electron chi connectivity index (χ0n) is 10.3. The molecule has 0 saturated carbocycles. The summed E-state index contributed by atoms with van der Waals surface area (Å²) in [6.45, 7) is 2.10. The Balaban J connectivity index is 2.29. The maximum absolute atomic E-state index is 10.3. The Morgan fingerprint density at radius 3 is 2.44 bits per heavy atom. The molecular formula is C16H15NO. The number of nitrogens with zero attached hydrogens (tertiary/aromatic N) is 1. The highest BCUT2D eigenvalue weighted by atomic mass is 16.3. The van der Waals surface area contributed by atoms with E-state index < -0.39 is 6.10 Å². The van der Waals surface area contributed by atoms with Crippen LogP contribution in [0.2, 0.25) is 0 Å². The van der Waals surface area contributed by atoms with Gasteiger partial charge in [0.15, 0.2) is 0 Å². The van der Waals surface area contributed by atoms with Crippen molar-refractivity contribution in [3.05, 3.63) is 70.8 Å². The first-order chi connectivity index (χ1) is 8.74. The largest absolute Gasteiger partial charge is 0.384 e. The fourth-order valence-corrected chi connectivity index (χ4v) is 1.91. The van der Waals surface area contributed by atoms with Gasteiger partial charge in [-0.3, -0.25) is 0 Å². The van der Waals surface area contributed by atoms with Gasteiger partial charge in [0.25, 0.3) is 0 Å². The van der Waals surface area contributed by atoms with E-state index in [0.717, 1.165) is 17.5 Å². The Morgan fingerprint density at radius 1 is 1.11 bits per heavy atom. The molecule has 0 aliphatic rings. The van der Waals surface area contributed by atoms with Gasteiger partial charge >= 0.3 is 0 Å². The molecule has 2 heteroatoms. The van der Waals surface area contributed by atoms with Crippen molar-refractivity contribution >= 4 is 0 Å². The summed E-state index contributed by atoms with van der Waals surface area (Å²) in [5, 5.41) is 19.1. The van der Waals surface area contributed by atoms with Crippen molar-refractivity contribution in [2.24, 2.45) is 0 Å². The summed E-state index contributed by atoms with van der Waals surface area (Å²) in [5.41, 5.74) is 3.41. The summed E-state index contributed by atoms with van der Waals surface area (Å²) < 4.78 is 0. The number of aryl methyl sites for hydroxylation is 1. The summed E-state index contributed by atoms with van der Waals surface area (Å²) >= 11 is 0. The molecule has 0 heterocycles. The van der Waals surface area contributed by atoms with Crippen LogP contribution in [0.3, 0.4) is 0 Å². The quantitative estimate of drug-likeness (QED) is 0.890. The molecule has 0 aliphatic heterocycles. The summed E-state index contributed by atoms with van der Waals surface area (Å²) in [7, 11) is 0. The van der Waals surface area contributed by atoms with E-state index in [4.69, 9.17) is 5.26 Å². The van der Waals surface area contributed by atoms with Crippen molar-refractivity contribution in [2.75, 3.05) is 0 Å². The Labute approximate surface area is 107 Å². The van der Waals surface area contributed by atoms with Gasteiger partial charge in [-0.1, -0.05) is 43.3 Å². The highest BCUT2D eigenvalue weighted by Crippen LogP contribution is 2.22. The molecule has 2 aromatic carbocycles. The maximum atomic E-state index is 10.3. The predicted octanol–water partition coefficient (Wildman–Crippen LogP) is 3.20. The smallest absolute Gasteiger partial charge is 0.104 e. The number of hydrogen-bond donors (Lipinski definition) is 1. The van der Waals surface area contributed by atoms with Crippen molar-refractivity contribution in [1.29, 1.82) is 5.26 Å². The number of rotatable bonds is 3. The fourth-order valence-electron chi connectivity index (χ4n) is 1.91. The van der Waals surface area contributed by atoms with Gasteiger partial charge in [0.1, 0.15) is 6.10 Å². The lowest BCUT2D eigenvalue weighted by atomic mass is 9.99. The van der Waals surface area contributed by atoms with Gasteiger partial charge < -0.3 is 5.11 Å². The van der Waals surface area contributed by atoms with Crippen LogP contribution in [-0.4, -0.2) is 5.11 Å². The first kappa shape index (κ1) is 12.3. The Bertz CT molecular complexity index is 566. The summed E-state index contributed by atoms with van der Waals surface area (Å²) in [6, 6.07) is 17.1. The number of aliphatic hydroxyl groups is 1. The number of hydrogen-bond acceptors (Lipinski definition) is 2. The third-order valence-corrected chi connectivity index (χ3v) is 3.04. The predicted molar refractivity (Wildman–Crippen MR) is 71.0 cm³/mol. The van der Waals surface area contributed by atoms with E-state index in [1.54, 1.807) is 18.2 Å². The molecule has 0 aromatic heterocycles. The van der Waals surface area contributed by atoms with E-state index in [1.807, 2.05) is 30.3 Å². The fraction of sp³-hybridized carbons (Fsp3) is 0.188. The van der Waals surface area contributed by atoms with Crippen LogP contribution < -0.4 is 0 Å². The second-order valence-electron chi connectivity index (χ2n) is 4.23. The van der Waals surface area contributed by atoms with Crippen molar-refractivity contribution in [3.8, 4) is 6.07 Å². The Hall–Kier alpha value is -2.11. The van der Waals surface area contributed by atoms with E-state index in [0.29, 0.717) is 5.56 Å². The standard InChI is InChI=1S/C16H15NO/c1-2-12-6-8-14(9-7-12)16(18)15-5-3-4-13(10-15)11-17/h3-10,16,18H,2H2,1H3. The zero-order chi connectivity index (χ0) is 13.0. The minimum Gasteiger partial charge on any atom is -0.384 e. The highest BCUT2D eigenvalue weighted by molar-refractivity contribution is 5.38. The molecule has 0 spiro atoms. The van der Waals surface area contributed by atoms with E-state index >= 15 is 0 Å². The van der Waals surface area contributed by atoms with Gasteiger partial charge in [0.05, 0.1) is 11.6 Å². The first-order valence-corrected chi connectivity index (χ1v) is 6.01. The van der Waals surface area contributed by atoms with Crippen LogP contribution in [0.15, 0.2) is 48.5 Å². The molecule has 18 heavy (non-hydrogen) atoms. The molecule has 1 atom stereocenters. The van der Waals surface area contributed by atoms with Gasteiger partial charge in [0, 0.05) is 0 Å². The number of benzene rings is 2. The molecule has 1 unspecified atom stereocenters. The van der Waals surface area contributed by atoms with Crippen LogP contribution in [0.1, 0.15) is 35.3 Å². The minimum absolute atomic E-state index is 0.566. The van der Waals surface area contributed by atoms with Crippen molar-refractivity contribution in [2.45, 2.75) is 19.4 Å². The average Bonchev–Trinajstić information content (AvgIpc) is 2.46. The van der Waals surface area contributed by atoms with Crippen LogP contribution in [0, 0.1) is 11.3 Å². The Morgan fingerprint density at radius 2 is 1.83 bits per heavy atom. The third-order valence-electron chi connectivity index (χ3n) is 3.04. The second kappa shape index (κ2) is 5.48. The highest BCUT2D eigenvalue weighted by Gasteiger charge is 2.10. The SMILES string of the molecule is CCc1ccc(C(O)c2cccc(C#N)c2)cc1. The van der Waals surface area contributed by atoms with E-state index in [-0.39, 0.29) is 0 Å². The molecule has 0 saturated heterocycles. The van der Waals surface area contributed by atoms with Crippen molar-refractivity contribution < 1.29 is 5.11 Å². The van der Waals surface area contributed by atoms with Crippen LogP contribution in [-0.2, 0) is 6.42 Å². The second-order valence-corrected chi connectivity index (χ2v) is 4.23. The third kappa shape index (κ3) is 2.58. The molecule has 90 valence electrons. The monoisotopic (exact) mass is 237 g/mol. The molecule has 0 amide bonds. The molecule has 0 radical (unpaired) electrons. The van der Waals surface area contributed by atoms with Crippen LogP contribution in [0.25, 0.3) is 0 Å². The minimum atomic E-state index is -0.677. The van der Waals surface area contributed by atoms with Gasteiger partial charge in [-0.25, -0.2) is 0 Å². The van der Waals surface area contributed by atoms with E-state index in [9.17, 15) is 5.11 Å². The van der Waals surface area contributed by atoms with Crippen LogP contribution >= 0.6 is 0 Å². The number of nitriles is 1. The normalized spacial score (nSPS) is 11.8. The van der Waals surface area contributed by atoms with Gasteiger partial charge in [-0.2, -0.15) is 5.26 Å². The van der Waals surface area contributed by atoms with Crippen LogP contribution in [0.4, 0.5) is 0 Å². The molecule has 0 aliphatic carbocycles. The average molecular weight is 237 g/mol. The molecule has 2 aromatic rings. The lowest BCUT2D eigenvalue weighted by Gasteiger charge is -2.12. The lowest BCUT2D eigenvalue weighted by molar-refractivity contribution is 0.220. The van der Waals surface area contributed by atoms with Crippen LogP contribution in [0.5, 0.6) is 0 Å². The lowest BCUT2D eigenvalue weighted by Crippen LogP contribution is -2.00. The molecular weight excluding hydrogens is 222 g/mol. The molecule has 1 N–H and O–H groups in total. The zero-order valence-corrected chi connectivity index (χ0v) is 10.3. The molecule has 0 fully saturated rings. The number of aliphatic hydroxyl groups excluding tert-OH is 1. The topological polar surface area (TPSA) is 44.0 Å². The van der Waals surface area contributed by atoms with E-state index in [1.165, 1.54) is 5.56 Å².